The SMILES string of the molecule is CCNC(C)c1csc(-c2cc(C)c3ccccc3n2)n1. The molecule has 0 aliphatic carbocycles. The molecule has 1 atom stereocenters. The van der Waals surface area contributed by atoms with Crippen molar-refractivity contribution in [3.8, 4) is 10.7 Å². The number of rotatable bonds is 4. The predicted molar refractivity (Wildman–Crippen MR) is 89.7 cm³/mol. The molecule has 2 heterocycles. The van der Waals surface area contributed by atoms with Gasteiger partial charge in [-0.05, 0) is 38.1 Å². The van der Waals surface area contributed by atoms with Crippen LogP contribution in [0.15, 0.2) is 35.7 Å². The first-order valence-electron chi connectivity index (χ1n) is 7.24. The van der Waals surface area contributed by atoms with Crippen LogP contribution in [0.2, 0.25) is 0 Å². The largest absolute Gasteiger partial charge is 0.309 e. The molecule has 0 aliphatic heterocycles. The predicted octanol–water partition coefficient (Wildman–Crippen LogP) is 4.34. The summed E-state index contributed by atoms with van der Waals surface area (Å²) in [6, 6.07) is 10.7. The van der Waals surface area contributed by atoms with Crippen molar-refractivity contribution < 1.29 is 0 Å². The lowest BCUT2D eigenvalue weighted by atomic mass is 10.1. The fourth-order valence-electron chi connectivity index (χ4n) is 2.47. The minimum Gasteiger partial charge on any atom is -0.309 e. The van der Waals surface area contributed by atoms with Crippen molar-refractivity contribution in [3.05, 3.63) is 47.0 Å². The Bertz CT molecular complexity index is 764. The summed E-state index contributed by atoms with van der Waals surface area (Å²) in [6.07, 6.45) is 0. The average molecular weight is 297 g/mol. The first kappa shape index (κ1) is 14.2. The highest BCUT2D eigenvalue weighted by Gasteiger charge is 2.12. The van der Waals surface area contributed by atoms with E-state index in [2.05, 4.69) is 55.7 Å². The number of aryl methyl sites for hydroxylation is 1. The van der Waals surface area contributed by atoms with Gasteiger partial charge >= 0.3 is 0 Å². The molecule has 1 N–H and O–H groups in total. The van der Waals surface area contributed by atoms with Crippen LogP contribution in [0.3, 0.4) is 0 Å². The molecule has 3 aromatic rings. The van der Waals surface area contributed by atoms with E-state index < -0.39 is 0 Å². The zero-order valence-corrected chi connectivity index (χ0v) is 13.4. The van der Waals surface area contributed by atoms with Crippen LogP contribution in [0.4, 0.5) is 0 Å². The van der Waals surface area contributed by atoms with Gasteiger partial charge in [-0.3, -0.25) is 0 Å². The molecule has 3 rings (SSSR count). The summed E-state index contributed by atoms with van der Waals surface area (Å²) in [5.74, 6) is 0. The minimum atomic E-state index is 0.279. The van der Waals surface area contributed by atoms with Crippen molar-refractivity contribution >= 4 is 22.2 Å². The zero-order chi connectivity index (χ0) is 14.8. The number of hydrogen-bond donors (Lipinski definition) is 1. The van der Waals surface area contributed by atoms with E-state index in [1.54, 1.807) is 11.3 Å². The Balaban J connectivity index is 2.01. The van der Waals surface area contributed by atoms with Crippen molar-refractivity contribution in [2.45, 2.75) is 26.8 Å². The van der Waals surface area contributed by atoms with Crippen molar-refractivity contribution in [2.24, 2.45) is 0 Å². The van der Waals surface area contributed by atoms with E-state index >= 15 is 0 Å². The topological polar surface area (TPSA) is 37.8 Å². The molecule has 0 spiro atoms. The van der Waals surface area contributed by atoms with E-state index in [0.29, 0.717) is 0 Å². The van der Waals surface area contributed by atoms with Crippen LogP contribution >= 0.6 is 11.3 Å². The molecule has 1 aromatic carbocycles. The number of hydrogen-bond acceptors (Lipinski definition) is 4. The Kier molecular flexibility index (Phi) is 3.99. The first-order chi connectivity index (χ1) is 10.2. The van der Waals surface area contributed by atoms with Crippen LogP contribution in [-0.4, -0.2) is 16.5 Å². The van der Waals surface area contributed by atoms with E-state index in [1.165, 1.54) is 10.9 Å². The Morgan fingerprint density at radius 2 is 2.05 bits per heavy atom. The number of aromatic nitrogens is 2. The highest BCUT2D eigenvalue weighted by atomic mass is 32.1. The standard InChI is InChI=1S/C17H19N3S/c1-4-18-12(3)16-10-21-17(20-16)15-9-11(2)13-7-5-6-8-14(13)19-15/h5-10,12,18H,4H2,1-3H3. The second-order valence-corrected chi connectivity index (χ2v) is 6.06. The maximum atomic E-state index is 4.75. The molecule has 2 aromatic heterocycles. The fourth-order valence-corrected chi connectivity index (χ4v) is 3.35. The number of nitrogens with one attached hydrogen (secondary N) is 1. The number of nitrogens with zero attached hydrogens (tertiary/aromatic N) is 2. The Morgan fingerprint density at radius 1 is 1.24 bits per heavy atom. The second-order valence-electron chi connectivity index (χ2n) is 5.20. The van der Waals surface area contributed by atoms with Gasteiger partial charge in [-0.15, -0.1) is 11.3 Å². The van der Waals surface area contributed by atoms with E-state index in [-0.39, 0.29) is 6.04 Å². The molecule has 0 fully saturated rings. The van der Waals surface area contributed by atoms with Gasteiger partial charge in [-0.25, -0.2) is 9.97 Å². The van der Waals surface area contributed by atoms with E-state index in [1.807, 2.05) is 6.07 Å². The maximum Gasteiger partial charge on any atom is 0.142 e. The number of para-hydroxylation sites is 1. The molecule has 0 aliphatic rings. The third-order valence-corrected chi connectivity index (χ3v) is 4.50. The smallest absolute Gasteiger partial charge is 0.142 e. The molecule has 108 valence electrons. The summed E-state index contributed by atoms with van der Waals surface area (Å²) >= 11 is 1.66. The monoisotopic (exact) mass is 297 g/mol. The van der Waals surface area contributed by atoms with Crippen LogP contribution in [0.1, 0.15) is 31.1 Å². The molecular weight excluding hydrogens is 278 g/mol. The van der Waals surface area contributed by atoms with Crippen LogP contribution in [-0.2, 0) is 0 Å². The third-order valence-electron chi connectivity index (χ3n) is 3.62. The lowest BCUT2D eigenvalue weighted by Gasteiger charge is -2.08. The van der Waals surface area contributed by atoms with Gasteiger partial charge in [-0.1, -0.05) is 25.1 Å². The quantitative estimate of drug-likeness (QED) is 0.778. The fraction of sp³-hybridized carbons (Fsp3) is 0.294. The summed E-state index contributed by atoms with van der Waals surface area (Å²) in [6.45, 7) is 7.32. The molecular formula is C17H19N3S. The summed E-state index contributed by atoms with van der Waals surface area (Å²) < 4.78 is 0. The lowest BCUT2D eigenvalue weighted by Crippen LogP contribution is -2.17. The summed E-state index contributed by atoms with van der Waals surface area (Å²) in [5.41, 5.74) is 4.33. The summed E-state index contributed by atoms with van der Waals surface area (Å²) in [7, 11) is 0. The highest BCUT2D eigenvalue weighted by molar-refractivity contribution is 7.13. The number of fused-ring (bicyclic) bond motifs is 1. The maximum absolute atomic E-state index is 4.75. The molecule has 0 amide bonds. The van der Waals surface area contributed by atoms with Crippen LogP contribution < -0.4 is 5.32 Å². The molecule has 21 heavy (non-hydrogen) atoms. The Hall–Kier alpha value is -1.78. The Labute approximate surface area is 129 Å². The van der Waals surface area contributed by atoms with Gasteiger partial charge in [0.1, 0.15) is 5.01 Å². The van der Waals surface area contributed by atoms with Gasteiger partial charge in [0.15, 0.2) is 0 Å². The van der Waals surface area contributed by atoms with Gasteiger partial charge in [0.05, 0.1) is 16.9 Å². The van der Waals surface area contributed by atoms with Gasteiger partial charge in [0.25, 0.3) is 0 Å². The van der Waals surface area contributed by atoms with Gasteiger partial charge in [-0.2, -0.15) is 0 Å². The van der Waals surface area contributed by atoms with Crippen LogP contribution in [0, 0.1) is 6.92 Å². The minimum absolute atomic E-state index is 0.279. The van der Waals surface area contributed by atoms with E-state index in [9.17, 15) is 0 Å². The lowest BCUT2D eigenvalue weighted by molar-refractivity contribution is 0.587. The molecule has 1 unspecified atom stereocenters. The summed E-state index contributed by atoms with van der Waals surface area (Å²) in [4.78, 5) is 9.49. The van der Waals surface area contributed by atoms with E-state index in [0.717, 1.165) is 28.5 Å². The van der Waals surface area contributed by atoms with Gasteiger partial charge in [0, 0.05) is 16.8 Å². The highest BCUT2D eigenvalue weighted by Crippen LogP contribution is 2.28. The van der Waals surface area contributed by atoms with Crippen molar-refractivity contribution in [1.82, 2.24) is 15.3 Å². The molecule has 0 saturated heterocycles. The second kappa shape index (κ2) is 5.92. The first-order valence-corrected chi connectivity index (χ1v) is 8.12. The number of thiazole rings is 1. The molecule has 0 radical (unpaired) electrons. The summed E-state index contributed by atoms with van der Waals surface area (Å²) in [5, 5.41) is 7.71. The number of pyridine rings is 1. The van der Waals surface area contributed by atoms with Gasteiger partial charge < -0.3 is 5.32 Å². The zero-order valence-electron chi connectivity index (χ0n) is 12.6. The normalized spacial score (nSPS) is 12.7. The molecule has 0 bridgehead atoms. The molecule has 3 nitrogen and oxygen atoms in total. The van der Waals surface area contributed by atoms with Gasteiger partial charge in [0.2, 0.25) is 0 Å². The van der Waals surface area contributed by atoms with Crippen molar-refractivity contribution in [2.75, 3.05) is 6.54 Å². The van der Waals surface area contributed by atoms with Crippen molar-refractivity contribution in [1.29, 1.82) is 0 Å². The van der Waals surface area contributed by atoms with E-state index in [4.69, 9.17) is 9.97 Å². The number of benzene rings is 1. The Morgan fingerprint density at radius 3 is 2.86 bits per heavy atom. The average Bonchev–Trinajstić information content (AvgIpc) is 2.97. The third kappa shape index (κ3) is 2.82. The molecule has 4 heteroatoms. The van der Waals surface area contributed by atoms with Crippen molar-refractivity contribution in [3.63, 3.8) is 0 Å². The van der Waals surface area contributed by atoms with Crippen LogP contribution in [0.25, 0.3) is 21.6 Å². The molecule has 0 saturated carbocycles. The van der Waals surface area contributed by atoms with Crippen LogP contribution in [0.5, 0.6) is 0 Å².